The van der Waals surface area contributed by atoms with Crippen molar-refractivity contribution in [2.24, 2.45) is 5.73 Å². The summed E-state index contributed by atoms with van der Waals surface area (Å²) in [7, 11) is 0. The molecule has 0 radical (unpaired) electrons. The molecule has 0 spiro atoms. The van der Waals surface area contributed by atoms with Crippen LogP contribution in [-0.2, 0) is 11.3 Å². The SMILES string of the molecule is CC(C)(C)OC(=O)N1Cc2ccccc2C1CCN. The molecule has 19 heavy (non-hydrogen) atoms. The van der Waals surface area contributed by atoms with Crippen LogP contribution in [-0.4, -0.2) is 23.1 Å². The first-order chi connectivity index (χ1) is 8.92. The van der Waals surface area contributed by atoms with Crippen LogP contribution in [0, 0.1) is 0 Å². The van der Waals surface area contributed by atoms with Crippen LogP contribution in [0.2, 0.25) is 0 Å². The molecule has 1 atom stereocenters. The van der Waals surface area contributed by atoms with E-state index in [1.807, 2.05) is 32.9 Å². The Kier molecular flexibility index (Phi) is 3.80. The number of carbonyl (C=O) groups is 1. The van der Waals surface area contributed by atoms with E-state index < -0.39 is 5.60 Å². The number of nitrogens with two attached hydrogens (primary N) is 1. The average molecular weight is 262 g/mol. The molecule has 0 saturated heterocycles. The van der Waals surface area contributed by atoms with E-state index in [9.17, 15) is 4.79 Å². The summed E-state index contributed by atoms with van der Waals surface area (Å²) in [6.45, 7) is 6.80. The molecule has 1 unspecified atom stereocenters. The van der Waals surface area contributed by atoms with Crippen LogP contribution in [0.4, 0.5) is 4.79 Å². The van der Waals surface area contributed by atoms with E-state index in [0.29, 0.717) is 13.1 Å². The molecule has 1 aliphatic heterocycles. The Balaban J connectivity index is 2.21. The zero-order valence-electron chi connectivity index (χ0n) is 11.8. The van der Waals surface area contributed by atoms with Gasteiger partial charge in [0.25, 0.3) is 0 Å². The van der Waals surface area contributed by atoms with Crippen molar-refractivity contribution in [3.05, 3.63) is 35.4 Å². The van der Waals surface area contributed by atoms with E-state index in [-0.39, 0.29) is 12.1 Å². The van der Waals surface area contributed by atoms with Gasteiger partial charge in [-0.05, 0) is 44.9 Å². The van der Waals surface area contributed by atoms with Crippen molar-refractivity contribution < 1.29 is 9.53 Å². The Morgan fingerprint density at radius 2 is 2.11 bits per heavy atom. The van der Waals surface area contributed by atoms with Crippen molar-refractivity contribution in [1.29, 1.82) is 0 Å². The van der Waals surface area contributed by atoms with Gasteiger partial charge in [0.05, 0.1) is 6.04 Å². The van der Waals surface area contributed by atoms with E-state index in [0.717, 1.165) is 6.42 Å². The molecule has 104 valence electrons. The predicted octanol–water partition coefficient (Wildman–Crippen LogP) is 2.83. The number of hydrogen-bond acceptors (Lipinski definition) is 3. The summed E-state index contributed by atoms with van der Waals surface area (Å²) in [5, 5.41) is 0. The molecule has 1 amide bonds. The third kappa shape index (κ3) is 3.07. The summed E-state index contributed by atoms with van der Waals surface area (Å²) >= 11 is 0. The molecule has 4 heteroatoms. The number of rotatable bonds is 2. The van der Waals surface area contributed by atoms with E-state index in [4.69, 9.17) is 10.5 Å². The molecule has 0 aliphatic carbocycles. The predicted molar refractivity (Wildman–Crippen MR) is 74.6 cm³/mol. The first-order valence-corrected chi connectivity index (χ1v) is 6.70. The molecular formula is C15H22N2O2. The Hall–Kier alpha value is -1.55. The first-order valence-electron chi connectivity index (χ1n) is 6.70. The number of fused-ring (bicyclic) bond motifs is 1. The molecular weight excluding hydrogens is 240 g/mol. The number of amides is 1. The number of nitrogens with zero attached hydrogens (tertiary/aromatic N) is 1. The number of ether oxygens (including phenoxy) is 1. The molecule has 2 N–H and O–H groups in total. The van der Waals surface area contributed by atoms with Crippen LogP contribution in [0.3, 0.4) is 0 Å². The highest BCUT2D eigenvalue weighted by atomic mass is 16.6. The molecule has 1 aromatic rings. The molecule has 0 fully saturated rings. The third-order valence-corrected chi connectivity index (χ3v) is 3.20. The Labute approximate surface area is 114 Å². The lowest BCUT2D eigenvalue weighted by molar-refractivity contribution is 0.0166. The second-order valence-electron chi connectivity index (χ2n) is 5.90. The van der Waals surface area contributed by atoms with Crippen LogP contribution >= 0.6 is 0 Å². The van der Waals surface area contributed by atoms with Crippen LogP contribution in [0.1, 0.15) is 44.4 Å². The van der Waals surface area contributed by atoms with Gasteiger partial charge in [0, 0.05) is 6.54 Å². The number of hydrogen-bond donors (Lipinski definition) is 1. The summed E-state index contributed by atoms with van der Waals surface area (Å²) in [6, 6.07) is 8.16. The van der Waals surface area contributed by atoms with Gasteiger partial charge in [0.15, 0.2) is 0 Å². The van der Waals surface area contributed by atoms with Crippen molar-refractivity contribution in [3.63, 3.8) is 0 Å². The Morgan fingerprint density at radius 1 is 1.42 bits per heavy atom. The van der Waals surface area contributed by atoms with Crippen LogP contribution in [0.5, 0.6) is 0 Å². The van der Waals surface area contributed by atoms with Crippen molar-refractivity contribution in [2.75, 3.05) is 6.54 Å². The molecule has 0 bridgehead atoms. The first kappa shape index (κ1) is 13.9. The van der Waals surface area contributed by atoms with Gasteiger partial charge in [-0.15, -0.1) is 0 Å². The summed E-state index contributed by atoms with van der Waals surface area (Å²) in [5.74, 6) is 0. The zero-order chi connectivity index (χ0) is 14.0. The average Bonchev–Trinajstić information content (AvgIpc) is 2.67. The van der Waals surface area contributed by atoms with E-state index in [1.165, 1.54) is 11.1 Å². The Morgan fingerprint density at radius 3 is 2.74 bits per heavy atom. The summed E-state index contributed by atoms with van der Waals surface area (Å²) in [4.78, 5) is 14.1. The van der Waals surface area contributed by atoms with Crippen LogP contribution in [0.15, 0.2) is 24.3 Å². The maximum atomic E-state index is 12.3. The molecule has 1 heterocycles. The minimum Gasteiger partial charge on any atom is -0.444 e. The lowest BCUT2D eigenvalue weighted by Gasteiger charge is -2.28. The molecule has 1 aromatic carbocycles. The minimum atomic E-state index is -0.473. The molecule has 1 aliphatic rings. The largest absolute Gasteiger partial charge is 0.444 e. The van der Waals surface area contributed by atoms with Crippen molar-refractivity contribution in [2.45, 2.75) is 45.4 Å². The zero-order valence-corrected chi connectivity index (χ0v) is 11.8. The highest BCUT2D eigenvalue weighted by Gasteiger charge is 2.35. The lowest BCUT2D eigenvalue weighted by Crippen LogP contribution is -2.36. The quantitative estimate of drug-likeness (QED) is 0.891. The summed E-state index contributed by atoms with van der Waals surface area (Å²) in [6.07, 6.45) is 0.498. The van der Waals surface area contributed by atoms with Gasteiger partial charge in [-0.3, -0.25) is 4.90 Å². The topological polar surface area (TPSA) is 55.6 Å². The van der Waals surface area contributed by atoms with Gasteiger partial charge in [-0.1, -0.05) is 24.3 Å². The van der Waals surface area contributed by atoms with Gasteiger partial charge in [0.1, 0.15) is 5.60 Å². The molecule has 0 saturated carbocycles. The van der Waals surface area contributed by atoms with Gasteiger partial charge in [0.2, 0.25) is 0 Å². The molecule has 0 aromatic heterocycles. The van der Waals surface area contributed by atoms with Crippen molar-refractivity contribution >= 4 is 6.09 Å². The second kappa shape index (κ2) is 5.21. The number of benzene rings is 1. The highest BCUT2D eigenvalue weighted by Crippen LogP contribution is 2.36. The normalized spacial score (nSPS) is 18.3. The standard InChI is InChI=1S/C15H22N2O2/c1-15(2,3)19-14(18)17-10-11-6-4-5-7-12(11)13(17)8-9-16/h4-7,13H,8-10,16H2,1-3H3. The fraction of sp³-hybridized carbons (Fsp3) is 0.533. The van der Waals surface area contributed by atoms with E-state index in [2.05, 4.69) is 12.1 Å². The summed E-state index contributed by atoms with van der Waals surface area (Å²) < 4.78 is 5.48. The second-order valence-corrected chi connectivity index (χ2v) is 5.90. The maximum absolute atomic E-state index is 12.3. The van der Waals surface area contributed by atoms with Crippen molar-refractivity contribution in [3.8, 4) is 0 Å². The maximum Gasteiger partial charge on any atom is 0.411 e. The highest BCUT2D eigenvalue weighted by molar-refractivity contribution is 5.70. The molecule has 4 nitrogen and oxygen atoms in total. The van der Waals surface area contributed by atoms with Gasteiger partial charge < -0.3 is 10.5 Å². The lowest BCUT2D eigenvalue weighted by atomic mass is 10.0. The smallest absolute Gasteiger partial charge is 0.411 e. The number of carbonyl (C=O) groups excluding carboxylic acids is 1. The van der Waals surface area contributed by atoms with Gasteiger partial charge >= 0.3 is 6.09 Å². The van der Waals surface area contributed by atoms with E-state index >= 15 is 0 Å². The Bertz CT molecular complexity index is 465. The third-order valence-electron chi connectivity index (χ3n) is 3.20. The van der Waals surface area contributed by atoms with Crippen LogP contribution in [0.25, 0.3) is 0 Å². The fourth-order valence-corrected chi connectivity index (χ4v) is 2.45. The summed E-state index contributed by atoms with van der Waals surface area (Å²) in [5.41, 5.74) is 7.58. The van der Waals surface area contributed by atoms with Gasteiger partial charge in [-0.25, -0.2) is 4.79 Å². The van der Waals surface area contributed by atoms with Crippen LogP contribution < -0.4 is 5.73 Å². The molecule has 2 rings (SSSR count). The van der Waals surface area contributed by atoms with Crippen molar-refractivity contribution in [1.82, 2.24) is 4.90 Å². The van der Waals surface area contributed by atoms with E-state index in [1.54, 1.807) is 4.90 Å². The fourth-order valence-electron chi connectivity index (χ4n) is 2.45. The minimum absolute atomic E-state index is 0.0380. The van der Waals surface area contributed by atoms with Gasteiger partial charge in [-0.2, -0.15) is 0 Å². The monoisotopic (exact) mass is 262 g/mol.